The summed E-state index contributed by atoms with van der Waals surface area (Å²) in [5.41, 5.74) is 0.580. The van der Waals surface area contributed by atoms with Crippen LogP contribution >= 0.6 is 0 Å². The van der Waals surface area contributed by atoms with Crippen molar-refractivity contribution in [1.82, 2.24) is 10.2 Å². The van der Waals surface area contributed by atoms with Crippen LogP contribution in [-0.2, 0) is 6.54 Å². The van der Waals surface area contributed by atoms with E-state index < -0.39 is 11.6 Å². The van der Waals surface area contributed by atoms with Crippen LogP contribution in [0.15, 0.2) is 18.2 Å². The quantitative estimate of drug-likeness (QED) is 0.914. The van der Waals surface area contributed by atoms with Crippen molar-refractivity contribution in [3.63, 3.8) is 0 Å². The summed E-state index contributed by atoms with van der Waals surface area (Å²) in [6.45, 7) is 9.86. The van der Waals surface area contributed by atoms with E-state index in [1.165, 1.54) is 12.5 Å². The van der Waals surface area contributed by atoms with E-state index in [-0.39, 0.29) is 5.54 Å². The maximum absolute atomic E-state index is 13.7. The molecule has 0 radical (unpaired) electrons. The summed E-state index contributed by atoms with van der Waals surface area (Å²) in [4.78, 5) is 2.23. The number of rotatable bonds is 4. The molecule has 21 heavy (non-hydrogen) atoms. The number of likely N-dealkylation sites (tertiary alicyclic amines) is 1. The second-order valence-corrected chi connectivity index (χ2v) is 7.09. The van der Waals surface area contributed by atoms with Crippen molar-refractivity contribution in [1.29, 1.82) is 0 Å². The van der Waals surface area contributed by atoms with Gasteiger partial charge in [0.25, 0.3) is 0 Å². The first-order valence-electron chi connectivity index (χ1n) is 7.75. The minimum atomic E-state index is -0.754. The lowest BCUT2D eigenvalue weighted by Crippen LogP contribution is -2.44. The second kappa shape index (κ2) is 6.84. The Morgan fingerprint density at radius 3 is 2.76 bits per heavy atom. The van der Waals surface area contributed by atoms with Crippen LogP contribution in [-0.4, -0.2) is 30.1 Å². The van der Waals surface area contributed by atoms with Crippen LogP contribution in [0.2, 0.25) is 0 Å². The number of nitrogens with one attached hydrogen (secondary N) is 1. The van der Waals surface area contributed by atoms with Crippen LogP contribution in [0.1, 0.15) is 39.2 Å². The summed E-state index contributed by atoms with van der Waals surface area (Å²) < 4.78 is 27.0. The van der Waals surface area contributed by atoms with Gasteiger partial charge in [0.15, 0.2) is 11.6 Å². The summed E-state index contributed by atoms with van der Waals surface area (Å²) in [6.07, 6.45) is 2.32. The van der Waals surface area contributed by atoms with E-state index in [0.717, 1.165) is 26.1 Å². The summed E-state index contributed by atoms with van der Waals surface area (Å²) in [5.74, 6) is -0.877. The average Bonchev–Trinajstić information content (AvgIpc) is 2.41. The van der Waals surface area contributed by atoms with Gasteiger partial charge < -0.3 is 5.32 Å². The first-order valence-corrected chi connectivity index (χ1v) is 7.75. The molecule has 2 nitrogen and oxygen atoms in total. The summed E-state index contributed by atoms with van der Waals surface area (Å²) in [6, 6.07) is 4.43. The van der Waals surface area contributed by atoms with Gasteiger partial charge in [-0.1, -0.05) is 12.1 Å². The van der Waals surface area contributed by atoms with Gasteiger partial charge in [-0.2, -0.15) is 0 Å². The fourth-order valence-electron chi connectivity index (χ4n) is 2.82. The van der Waals surface area contributed by atoms with Crippen molar-refractivity contribution in [2.75, 3.05) is 19.6 Å². The van der Waals surface area contributed by atoms with Crippen molar-refractivity contribution in [3.8, 4) is 0 Å². The maximum atomic E-state index is 13.7. The van der Waals surface area contributed by atoms with Crippen molar-refractivity contribution in [3.05, 3.63) is 35.4 Å². The van der Waals surface area contributed by atoms with Crippen LogP contribution in [0.25, 0.3) is 0 Å². The number of nitrogens with zero attached hydrogens (tertiary/aromatic N) is 1. The highest BCUT2D eigenvalue weighted by molar-refractivity contribution is 5.18. The van der Waals surface area contributed by atoms with Crippen LogP contribution in [0.4, 0.5) is 8.78 Å². The van der Waals surface area contributed by atoms with E-state index in [9.17, 15) is 8.78 Å². The largest absolute Gasteiger partial charge is 0.312 e. The Balaban J connectivity index is 1.91. The Morgan fingerprint density at radius 1 is 1.29 bits per heavy atom. The molecule has 1 fully saturated rings. The van der Waals surface area contributed by atoms with Crippen LogP contribution in [0.3, 0.4) is 0 Å². The zero-order valence-corrected chi connectivity index (χ0v) is 13.3. The monoisotopic (exact) mass is 296 g/mol. The van der Waals surface area contributed by atoms with Crippen molar-refractivity contribution < 1.29 is 8.78 Å². The third kappa shape index (κ3) is 5.04. The molecule has 1 aromatic rings. The lowest BCUT2D eigenvalue weighted by Gasteiger charge is -2.34. The molecule has 1 heterocycles. The van der Waals surface area contributed by atoms with Crippen LogP contribution in [0.5, 0.6) is 0 Å². The number of hydrogen-bond donors (Lipinski definition) is 1. The predicted octanol–water partition coefficient (Wildman–Crippen LogP) is 3.56. The van der Waals surface area contributed by atoms with E-state index in [4.69, 9.17) is 0 Å². The molecule has 2 rings (SSSR count). The normalized spacial score (nSPS) is 20.7. The molecule has 1 N–H and O–H groups in total. The lowest BCUT2D eigenvalue weighted by molar-refractivity contribution is 0.158. The number of halogens is 2. The van der Waals surface area contributed by atoms with E-state index in [0.29, 0.717) is 18.0 Å². The van der Waals surface area contributed by atoms with Crippen molar-refractivity contribution in [2.24, 2.45) is 5.92 Å². The molecule has 0 amide bonds. The van der Waals surface area contributed by atoms with Gasteiger partial charge in [0, 0.05) is 24.2 Å². The predicted molar refractivity (Wildman–Crippen MR) is 82.1 cm³/mol. The van der Waals surface area contributed by atoms with E-state index >= 15 is 0 Å². The van der Waals surface area contributed by atoms with Gasteiger partial charge in [0.05, 0.1) is 0 Å². The zero-order valence-electron chi connectivity index (χ0n) is 13.3. The van der Waals surface area contributed by atoms with E-state index in [2.05, 4.69) is 31.0 Å². The number of benzene rings is 1. The fourth-order valence-corrected chi connectivity index (χ4v) is 2.82. The Hall–Kier alpha value is -1.00. The molecule has 0 aliphatic carbocycles. The molecule has 118 valence electrons. The van der Waals surface area contributed by atoms with E-state index in [1.807, 2.05) is 0 Å². The third-order valence-electron chi connectivity index (χ3n) is 3.95. The lowest BCUT2D eigenvalue weighted by atomic mass is 9.96. The molecule has 1 aromatic carbocycles. The summed E-state index contributed by atoms with van der Waals surface area (Å²) in [5, 5.41) is 3.54. The van der Waals surface area contributed by atoms with Gasteiger partial charge in [0.1, 0.15) is 0 Å². The molecule has 4 heteroatoms. The first kappa shape index (κ1) is 16.4. The molecule has 1 aliphatic heterocycles. The zero-order chi connectivity index (χ0) is 15.5. The summed E-state index contributed by atoms with van der Waals surface area (Å²) >= 11 is 0. The maximum Gasteiger partial charge on any atom is 0.163 e. The molecular formula is C17H26F2N2. The first-order chi connectivity index (χ1) is 9.85. The van der Waals surface area contributed by atoms with Gasteiger partial charge in [-0.3, -0.25) is 4.90 Å². The van der Waals surface area contributed by atoms with Gasteiger partial charge in [-0.25, -0.2) is 8.78 Å². The van der Waals surface area contributed by atoms with Gasteiger partial charge in [-0.05, 0) is 58.7 Å². The van der Waals surface area contributed by atoms with Gasteiger partial charge in [0.2, 0.25) is 0 Å². The molecule has 1 aliphatic rings. The standard InChI is InChI=1S/C17H26F2N2/c1-17(2,3)20-10-13-6-5-9-21(11-13)12-14-7-4-8-15(18)16(14)19/h4,7-8,13,20H,5-6,9-12H2,1-3H3. The molecule has 0 bridgehead atoms. The topological polar surface area (TPSA) is 15.3 Å². The minimum absolute atomic E-state index is 0.122. The Kier molecular flexibility index (Phi) is 5.33. The number of hydrogen-bond acceptors (Lipinski definition) is 2. The van der Waals surface area contributed by atoms with Crippen LogP contribution in [0, 0.1) is 17.6 Å². The molecule has 1 saturated heterocycles. The third-order valence-corrected chi connectivity index (χ3v) is 3.95. The molecule has 0 aromatic heterocycles. The average molecular weight is 296 g/mol. The minimum Gasteiger partial charge on any atom is -0.312 e. The Bertz CT molecular complexity index is 468. The van der Waals surface area contributed by atoms with Crippen LogP contribution < -0.4 is 5.32 Å². The summed E-state index contributed by atoms with van der Waals surface area (Å²) in [7, 11) is 0. The molecule has 0 saturated carbocycles. The molecule has 1 atom stereocenters. The highest BCUT2D eigenvalue weighted by Gasteiger charge is 2.22. The van der Waals surface area contributed by atoms with Gasteiger partial charge in [-0.15, -0.1) is 0 Å². The van der Waals surface area contributed by atoms with Crippen molar-refractivity contribution >= 4 is 0 Å². The molecule has 1 unspecified atom stereocenters. The van der Waals surface area contributed by atoms with Crippen molar-refractivity contribution in [2.45, 2.75) is 45.7 Å². The highest BCUT2D eigenvalue weighted by atomic mass is 19.2. The SMILES string of the molecule is CC(C)(C)NCC1CCCN(Cc2cccc(F)c2F)C1. The number of piperidine rings is 1. The Morgan fingerprint density at radius 2 is 2.05 bits per heavy atom. The molecular weight excluding hydrogens is 270 g/mol. The smallest absolute Gasteiger partial charge is 0.163 e. The van der Waals surface area contributed by atoms with Gasteiger partial charge >= 0.3 is 0 Å². The highest BCUT2D eigenvalue weighted by Crippen LogP contribution is 2.20. The fraction of sp³-hybridized carbons (Fsp3) is 0.647. The Labute approximate surface area is 126 Å². The second-order valence-electron chi connectivity index (χ2n) is 7.09. The van der Waals surface area contributed by atoms with E-state index in [1.54, 1.807) is 12.1 Å². The molecule has 0 spiro atoms.